The standard InChI is InChI=1S/C24H26FN7OS/c1-34-22-9-14(11-27-30-22)13-2-6-17(21(33)8-13)19-12-26-24(31-29-19)32(16-4-5-16)20-10-15-3-7-18(28-15)23(20)25/h2,6,8-9,11-12,15-16,18,20,23,28,33H,3-5,7,10H2,1H3/t15-,18-,20+,23-/m0/s1. The lowest BCUT2D eigenvalue weighted by molar-refractivity contribution is 0.171. The zero-order chi connectivity index (χ0) is 23.2. The van der Waals surface area contributed by atoms with Crippen molar-refractivity contribution in [2.24, 2.45) is 0 Å². The van der Waals surface area contributed by atoms with Crippen LogP contribution in [0.2, 0.25) is 0 Å². The van der Waals surface area contributed by atoms with Gasteiger partial charge in [-0.3, -0.25) is 0 Å². The van der Waals surface area contributed by atoms with Gasteiger partial charge in [-0.25, -0.2) is 9.37 Å². The van der Waals surface area contributed by atoms with Crippen molar-refractivity contribution >= 4 is 17.7 Å². The Morgan fingerprint density at radius 3 is 2.68 bits per heavy atom. The number of piperidine rings is 1. The van der Waals surface area contributed by atoms with Crippen LogP contribution in [0.4, 0.5) is 10.3 Å². The highest BCUT2D eigenvalue weighted by Crippen LogP contribution is 2.40. The molecule has 6 rings (SSSR count). The number of nitrogens with one attached hydrogen (secondary N) is 1. The van der Waals surface area contributed by atoms with Crippen molar-refractivity contribution < 1.29 is 9.50 Å². The molecule has 1 aliphatic carbocycles. The molecule has 3 aromatic rings. The molecular weight excluding hydrogens is 453 g/mol. The number of aromatic nitrogens is 5. The molecule has 2 aromatic heterocycles. The Kier molecular flexibility index (Phi) is 5.57. The van der Waals surface area contributed by atoms with E-state index in [1.807, 2.05) is 18.4 Å². The Morgan fingerprint density at radius 1 is 1.06 bits per heavy atom. The van der Waals surface area contributed by atoms with Crippen molar-refractivity contribution in [2.75, 3.05) is 11.2 Å². The first-order valence-electron chi connectivity index (χ1n) is 11.7. The summed E-state index contributed by atoms with van der Waals surface area (Å²) in [5.74, 6) is 0.561. The van der Waals surface area contributed by atoms with Gasteiger partial charge in [-0.05, 0) is 62.1 Å². The second kappa shape index (κ2) is 8.74. The van der Waals surface area contributed by atoms with Gasteiger partial charge in [0.2, 0.25) is 5.95 Å². The molecule has 34 heavy (non-hydrogen) atoms. The lowest BCUT2D eigenvalue weighted by Crippen LogP contribution is -2.57. The van der Waals surface area contributed by atoms with Gasteiger partial charge < -0.3 is 15.3 Å². The summed E-state index contributed by atoms with van der Waals surface area (Å²) in [4.78, 5) is 6.64. The number of fused-ring (bicyclic) bond motifs is 2. The minimum absolute atomic E-state index is 0.0738. The van der Waals surface area contributed by atoms with Crippen molar-refractivity contribution in [1.29, 1.82) is 0 Å². The second-order valence-electron chi connectivity index (χ2n) is 9.30. The largest absolute Gasteiger partial charge is 0.507 e. The summed E-state index contributed by atoms with van der Waals surface area (Å²) in [5, 5.41) is 31.8. The lowest BCUT2D eigenvalue weighted by atomic mass is 9.96. The molecule has 2 bridgehead atoms. The number of alkyl halides is 1. The van der Waals surface area contributed by atoms with E-state index in [4.69, 9.17) is 0 Å². The van der Waals surface area contributed by atoms with Gasteiger partial charge in [0.25, 0.3) is 0 Å². The topological polar surface area (TPSA) is 100.0 Å². The fourth-order valence-electron chi connectivity index (χ4n) is 5.22. The molecule has 4 atom stereocenters. The van der Waals surface area contributed by atoms with Gasteiger partial charge in [0, 0.05) is 29.3 Å². The number of benzene rings is 1. The fraction of sp³-hybridized carbons (Fsp3) is 0.458. The van der Waals surface area contributed by atoms with Crippen LogP contribution in [0.5, 0.6) is 5.75 Å². The molecule has 4 heterocycles. The van der Waals surface area contributed by atoms with Gasteiger partial charge in [-0.1, -0.05) is 6.07 Å². The first-order valence-corrected chi connectivity index (χ1v) is 12.9. The number of rotatable bonds is 6. The quantitative estimate of drug-likeness (QED) is 0.514. The van der Waals surface area contributed by atoms with Gasteiger partial charge >= 0.3 is 0 Å². The molecule has 176 valence electrons. The van der Waals surface area contributed by atoms with Crippen LogP contribution in [0.1, 0.15) is 32.1 Å². The summed E-state index contributed by atoms with van der Waals surface area (Å²) in [7, 11) is 0. The van der Waals surface area contributed by atoms with Gasteiger partial charge in [-0.15, -0.1) is 27.1 Å². The average molecular weight is 480 g/mol. The highest BCUT2D eigenvalue weighted by Gasteiger charge is 2.48. The summed E-state index contributed by atoms with van der Waals surface area (Å²) < 4.78 is 15.3. The zero-order valence-corrected chi connectivity index (χ0v) is 19.6. The normalized spacial score (nSPS) is 25.9. The number of hydrogen-bond acceptors (Lipinski definition) is 9. The summed E-state index contributed by atoms with van der Waals surface area (Å²) in [6.45, 7) is 0. The van der Waals surface area contributed by atoms with Crippen LogP contribution in [0.3, 0.4) is 0 Å². The fourth-order valence-corrected chi connectivity index (χ4v) is 5.60. The summed E-state index contributed by atoms with van der Waals surface area (Å²) in [6, 6.07) is 7.68. The first-order chi connectivity index (χ1) is 16.6. The third-order valence-electron chi connectivity index (χ3n) is 7.08. The van der Waals surface area contributed by atoms with Crippen molar-refractivity contribution in [1.82, 2.24) is 30.7 Å². The third-order valence-corrected chi connectivity index (χ3v) is 7.70. The van der Waals surface area contributed by atoms with Gasteiger partial charge in [0.05, 0.1) is 18.4 Å². The van der Waals surface area contributed by atoms with E-state index in [2.05, 4.69) is 35.6 Å². The van der Waals surface area contributed by atoms with E-state index in [0.29, 0.717) is 23.2 Å². The van der Waals surface area contributed by atoms with Crippen LogP contribution in [-0.2, 0) is 0 Å². The molecule has 1 saturated carbocycles. The summed E-state index contributed by atoms with van der Waals surface area (Å²) in [5.41, 5.74) is 2.73. The number of halogens is 1. The van der Waals surface area contributed by atoms with Crippen LogP contribution in [0, 0.1) is 0 Å². The Morgan fingerprint density at radius 2 is 1.94 bits per heavy atom. The lowest BCUT2D eigenvalue weighted by Gasteiger charge is -2.40. The monoisotopic (exact) mass is 479 g/mol. The molecule has 0 unspecified atom stereocenters. The molecule has 8 nitrogen and oxygen atoms in total. The molecule has 0 spiro atoms. The van der Waals surface area contributed by atoms with E-state index in [1.165, 1.54) is 11.8 Å². The van der Waals surface area contributed by atoms with E-state index in [1.54, 1.807) is 24.5 Å². The van der Waals surface area contributed by atoms with Crippen molar-refractivity contribution in [3.05, 3.63) is 36.7 Å². The van der Waals surface area contributed by atoms with Gasteiger partial charge in [0.1, 0.15) is 22.6 Å². The molecule has 3 aliphatic rings. The van der Waals surface area contributed by atoms with Crippen LogP contribution in [0.25, 0.3) is 22.4 Å². The molecule has 10 heteroatoms. The van der Waals surface area contributed by atoms with Crippen molar-refractivity contribution in [2.45, 2.75) is 67.5 Å². The predicted molar refractivity (Wildman–Crippen MR) is 128 cm³/mol. The summed E-state index contributed by atoms with van der Waals surface area (Å²) >= 11 is 1.51. The van der Waals surface area contributed by atoms with E-state index >= 15 is 4.39 Å². The van der Waals surface area contributed by atoms with E-state index in [0.717, 1.165) is 48.3 Å². The first kappa shape index (κ1) is 21.7. The maximum atomic E-state index is 15.3. The van der Waals surface area contributed by atoms with Crippen LogP contribution >= 0.6 is 11.8 Å². The number of nitrogens with zero attached hydrogens (tertiary/aromatic N) is 6. The van der Waals surface area contributed by atoms with Crippen LogP contribution < -0.4 is 10.2 Å². The minimum Gasteiger partial charge on any atom is -0.507 e. The van der Waals surface area contributed by atoms with E-state index < -0.39 is 6.17 Å². The van der Waals surface area contributed by atoms with Gasteiger partial charge in [0.15, 0.2) is 0 Å². The molecule has 2 saturated heterocycles. The van der Waals surface area contributed by atoms with E-state index in [-0.39, 0.29) is 23.9 Å². The highest BCUT2D eigenvalue weighted by molar-refractivity contribution is 7.98. The number of phenolic OH excluding ortho intramolecular Hbond substituents is 1. The smallest absolute Gasteiger partial charge is 0.245 e. The van der Waals surface area contributed by atoms with E-state index in [9.17, 15) is 5.11 Å². The molecule has 2 aliphatic heterocycles. The Bertz CT molecular complexity index is 1190. The second-order valence-corrected chi connectivity index (χ2v) is 10.1. The number of hydrogen-bond donors (Lipinski definition) is 2. The molecule has 2 N–H and O–H groups in total. The average Bonchev–Trinajstić information content (AvgIpc) is 3.62. The number of phenols is 1. The van der Waals surface area contributed by atoms with Gasteiger partial charge in [-0.2, -0.15) is 5.10 Å². The number of thioether (sulfide) groups is 1. The SMILES string of the molecule is CSc1cc(-c2ccc(-c3cnc(N(C4CC4)[C@@H]4C[C@@H]5CC[C@H](N5)[C@@H]4F)nn3)c(O)c2)cnn1. The van der Waals surface area contributed by atoms with Crippen molar-refractivity contribution in [3.63, 3.8) is 0 Å². The van der Waals surface area contributed by atoms with Crippen molar-refractivity contribution in [3.8, 4) is 28.1 Å². The molecule has 1 aromatic carbocycles. The maximum absolute atomic E-state index is 15.3. The number of anilines is 1. The Balaban J connectivity index is 1.26. The molecular formula is C24H26FN7OS. The zero-order valence-electron chi connectivity index (χ0n) is 18.8. The van der Waals surface area contributed by atoms with Crippen LogP contribution in [0.15, 0.2) is 41.7 Å². The highest BCUT2D eigenvalue weighted by atomic mass is 32.2. The molecule has 0 radical (unpaired) electrons. The van der Waals surface area contributed by atoms with Crippen LogP contribution in [-0.4, -0.2) is 67.1 Å². The third kappa shape index (κ3) is 3.98. The predicted octanol–water partition coefficient (Wildman–Crippen LogP) is 3.62. The molecule has 0 amide bonds. The molecule has 3 fully saturated rings. The number of aromatic hydroxyl groups is 1. The Labute approximate surface area is 201 Å². The maximum Gasteiger partial charge on any atom is 0.245 e. The Hall–Kier alpha value is -2.85. The summed E-state index contributed by atoms with van der Waals surface area (Å²) in [6.07, 6.45) is 9.04. The minimum atomic E-state index is -0.937.